The smallest absolute Gasteiger partial charge is 0.234 e. The maximum Gasteiger partial charge on any atom is 0.234 e. The molecule has 0 aliphatic carbocycles. The van der Waals surface area contributed by atoms with E-state index in [1.165, 1.54) is 6.07 Å². The molecule has 0 bridgehead atoms. The first kappa shape index (κ1) is 22.0. The Hall–Kier alpha value is -2.26. The maximum atomic E-state index is 13.8. The van der Waals surface area contributed by atoms with Gasteiger partial charge in [0, 0.05) is 51.9 Å². The van der Waals surface area contributed by atoms with Gasteiger partial charge in [0.15, 0.2) is 5.96 Å². The molecule has 156 valence electrons. The Labute approximate surface area is 164 Å². The second-order valence-electron chi connectivity index (χ2n) is 6.51. The molecular weight excluding hydrogens is 368 g/mol. The van der Waals surface area contributed by atoms with E-state index in [1.54, 1.807) is 7.11 Å². The molecule has 0 saturated carbocycles. The highest BCUT2D eigenvalue weighted by molar-refractivity contribution is 5.80. The number of hydrogen-bond acceptors (Lipinski definition) is 4. The van der Waals surface area contributed by atoms with E-state index in [4.69, 9.17) is 4.74 Å². The normalized spacial score (nSPS) is 15.6. The molecule has 2 N–H and O–H groups in total. The molecule has 1 fully saturated rings. The number of halogens is 2. The zero-order chi connectivity index (χ0) is 20.4. The van der Waals surface area contributed by atoms with Crippen LogP contribution in [0.3, 0.4) is 0 Å². The van der Waals surface area contributed by atoms with E-state index in [0.717, 1.165) is 25.2 Å². The molecule has 0 unspecified atom stereocenters. The second-order valence-corrected chi connectivity index (χ2v) is 6.51. The Morgan fingerprint density at radius 2 is 1.96 bits per heavy atom. The van der Waals surface area contributed by atoms with Crippen LogP contribution < -0.4 is 10.6 Å². The summed E-state index contributed by atoms with van der Waals surface area (Å²) in [6.07, 6.45) is 0. The van der Waals surface area contributed by atoms with Gasteiger partial charge in [-0.05, 0) is 25.1 Å². The van der Waals surface area contributed by atoms with Crippen LogP contribution in [-0.2, 0) is 16.1 Å². The number of guanidine groups is 1. The number of carbonyl (C=O) groups is 1. The van der Waals surface area contributed by atoms with E-state index < -0.39 is 11.6 Å². The number of rotatable bonds is 8. The molecule has 0 radical (unpaired) electrons. The summed E-state index contributed by atoms with van der Waals surface area (Å²) in [4.78, 5) is 20.5. The van der Waals surface area contributed by atoms with Gasteiger partial charge in [0.2, 0.25) is 5.91 Å². The van der Waals surface area contributed by atoms with Crippen LogP contribution in [-0.4, -0.2) is 81.2 Å². The minimum Gasteiger partial charge on any atom is -0.383 e. The van der Waals surface area contributed by atoms with Crippen molar-refractivity contribution in [1.29, 1.82) is 0 Å². The Bertz CT molecular complexity index is 664. The van der Waals surface area contributed by atoms with Gasteiger partial charge in [-0.1, -0.05) is 0 Å². The largest absolute Gasteiger partial charge is 0.383 e. The summed E-state index contributed by atoms with van der Waals surface area (Å²) >= 11 is 0. The first-order valence-electron chi connectivity index (χ1n) is 9.48. The minimum atomic E-state index is -0.478. The lowest BCUT2D eigenvalue weighted by Crippen LogP contribution is -2.54. The molecule has 1 saturated heterocycles. The summed E-state index contributed by atoms with van der Waals surface area (Å²) in [5.41, 5.74) is 0.224. The van der Waals surface area contributed by atoms with E-state index in [1.807, 2.05) is 6.92 Å². The molecule has 7 nitrogen and oxygen atoms in total. The molecular formula is C19H29F2N5O2. The number of piperazine rings is 1. The summed E-state index contributed by atoms with van der Waals surface area (Å²) in [6.45, 7) is 6.87. The third kappa shape index (κ3) is 7.05. The number of nitrogens with zero attached hydrogens (tertiary/aromatic N) is 3. The quantitative estimate of drug-likeness (QED) is 0.386. The lowest BCUT2D eigenvalue weighted by atomic mass is 10.2. The van der Waals surface area contributed by atoms with Gasteiger partial charge < -0.3 is 20.3 Å². The van der Waals surface area contributed by atoms with Crippen molar-refractivity contribution >= 4 is 11.9 Å². The predicted molar refractivity (Wildman–Crippen MR) is 104 cm³/mol. The number of nitrogens with one attached hydrogen (secondary N) is 2. The third-order valence-electron chi connectivity index (χ3n) is 4.41. The fourth-order valence-corrected chi connectivity index (χ4v) is 2.92. The van der Waals surface area contributed by atoms with Crippen molar-refractivity contribution in [3.63, 3.8) is 0 Å². The van der Waals surface area contributed by atoms with Gasteiger partial charge in [0.25, 0.3) is 0 Å². The van der Waals surface area contributed by atoms with Crippen molar-refractivity contribution in [1.82, 2.24) is 20.4 Å². The number of amides is 1. The van der Waals surface area contributed by atoms with E-state index in [9.17, 15) is 13.6 Å². The minimum absolute atomic E-state index is 0.0207. The Balaban J connectivity index is 1.88. The fraction of sp³-hybridized carbons (Fsp3) is 0.579. The van der Waals surface area contributed by atoms with Crippen molar-refractivity contribution < 1.29 is 18.3 Å². The van der Waals surface area contributed by atoms with E-state index in [-0.39, 0.29) is 18.0 Å². The molecule has 1 aliphatic rings. The third-order valence-corrected chi connectivity index (χ3v) is 4.41. The van der Waals surface area contributed by atoms with E-state index in [0.29, 0.717) is 45.3 Å². The molecule has 0 aromatic heterocycles. The van der Waals surface area contributed by atoms with Crippen molar-refractivity contribution in [2.75, 3.05) is 59.5 Å². The lowest BCUT2D eigenvalue weighted by Gasteiger charge is -2.36. The molecule has 1 heterocycles. The van der Waals surface area contributed by atoms with E-state index in [2.05, 4.69) is 25.4 Å². The fourth-order valence-electron chi connectivity index (χ4n) is 2.92. The number of methoxy groups -OCH3 is 1. The van der Waals surface area contributed by atoms with Crippen LogP contribution >= 0.6 is 0 Å². The van der Waals surface area contributed by atoms with Gasteiger partial charge in [-0.15, -0.1) is 0 Å². The van der Waals surface area contributed by atoms with Crippen molar-refractivity contribution in [3.8, 4) is 0 Å². The highest BCUT2D eigenvalue weighted by Gasteiger charge is 2.21. The van der Waals surface area contributed by atoms with Crippen molar-refractivity contribution in [3.05, 3.63) is 35.4 Å². The SMILES string of the molecule is CCNC(=NCc1cc(F)ccc1F)N1CCN(CC(=O)NCCOC)CC1. The van der Waals surface area contributed by atoms with Gasteiger partial charge in [-0.25, -0.2) is 13.8 Å². The first-order valence-corrected chi connectivity index (χ1v) is 9.48. The number of benzene rings is 1. The number of hydrogen-bond donors (Lipinski definition) is 2. The second kappa shape index (κ2) is 11.6. The van der Waals surface area contributed by atoms with Crippen LogP contribution in [0.5, 0.6) is 0 Å². The molecule has 0 spiro atoms. The number of ether oxygens (including phenoxy) is 1. The highest BCUT2D eigenvalue weighted by Crippen LogP contribution is 2.11. The number of carbonyl (C=O) groups excluding carboxylic acids is 1. The summed E-state index contributed by atoms with van der Waals surface area (Å²) < 4.78 is 32.1. The molecule has 1 aromatic rings. The molecule has 0 atom stereocenters. The van der Waals surface area contributed by atoms with Crippen LogP contribution in [0, 0.1) is 11.6 Å². The summed E-state index contributed by atoms with van der Waals surface area (Å²) in [6, 6.07) is 3.38. The van der Waals surface area contributed by atoms with Crippen LogP contribution in [0.15, 0.2) is 23.2 Å². The zero-order valence-electron chi connectivity index (χ0n) is 16.5. The highest BCUT2D eigenvalue weighted by atomic mass is 19.1. The number of aliphatic imine (C=N–C) groups is 1. The molecule has 28 heavy (non-hydrogen) atoms. The summed E-state index contributed by atoms with van der Waals surface area (Å²) in [5, 5.41) is 6.01. The zero-order valence-corrected chi connectivity index (χ0v) is 16.5. The Morgan fingerprint density at radius 1 is 1.21 bits per heavy atom. The predicted octanol–water partition coefficient (Wildman–Crippen LogP) is 0.811. The standard InChI is InChI=1S/C19H29F2N5O2/c1-3-22-19(24-13-15-12-16(20)4-5-17(15)21)26-9-7-25(8-10-26)14-18(27)23-6-11-28-2/h4-5,12H,3,6-11,13-14H2,1-2H3,(H,22,24)(H,23,27). The van der Waals surface area contributed by atoms with E-state index >= 15 is 0 Å². The molecule has 1 aromatic carbocycles. The first-order chi connectivity index (χ1) is 13.5. The molecule has 1 aliphatic heterocycles. The van der Waals surface area contributed by atoms with Gasteiger partial charge >= 0.3 is 0 Å². The van der Waals surface area contributed by atoms with Gasteiger partial charge in [0.05, 0.1) is 19.7 Å². The summed E-state index contributed by atoms with van der Waals surface area (Å²) in [5.74, 6) is -0.303. The van der Waals surface area contributed by atoms with Gasteiger partial charge in [0.1, 0.15) is 11.6 Å². The average molecular weight is 397 g/mol. The van der Waals surface area contributed by atoms with Crippen LogP contribution in [0.2, 0.25) is 0 Å². The maximum absolute atomic E-state index is 13.8. The van der Waals surface area contributed by atoms with Crippen molar-refractivity contribution in [2.24, 2.45) is 4.99 Å². The van der Waals surface area contributed by atoms with Crippen molar-refractivity contribution in [2.45, 2.75) is 13.5 Å². The molecule has 1 amide bonds. The topological polar surface area (TPSA) is 69.2 Å². The Morgan fingerprint density at radius 3 is 2.64 bits per heavy atom. The monoisotopic (exact) mass is 397 g/mol. The van der Waals surface area contributed by atoms with Gasteiger partial charge in [-0.3, -0.25) is 9.69 Å². The van der Waals surface area contributed by atoms with Gasteiger partial charge in [-0.2, -0.15) is 0 Å². The Kier molecular flexibility index (Phi) is 9.09. The molecule has 9 heteroatoms. The average Bonchev–Trinajstić information content (AvgIpc) is 2.68. The van der Waals surface area contributed by atoms with Crippen LogP contribution in [0.1, 0.15) is 12.5 Å². The van der Waals surface area contributed by atoms with Crippen LogP contribution in [0.25, 0.3) is 0 Å². The lowest BCUT2D eigenvalue weighted by molar-refractivity contribution is -0.122. The van der Waals surface area contributed by atoms with Crippen LogP contribution in [0.4, 0.5) is 8.78 Å². The summed E-state index contributed by atoms with van der Waals surface area (Å²) in [7, 11) is 1.59. The molecule has 2 rings (SSSR count).